The molecule has 0 saturated heterocycles. The molecule has 0 aliphatic heterocycles. The van der Waals surface area contributed by atoms with Crippen LogP contribution in [0.2, 0.25) is 0 Å². The largest absolute Gasteiger partial charge is 0.372 e. The molecule has 20 heavy (non-hydrogen) atoms. The Morgan fingerprint density at radius 1 is 1.35 bits per heavy atom. The summed E-state index contributed by atoms with van der Waals surface area (Å²) in [5.41, 5.74) is 0.829. The lowest BCUT2D eigenvalue weighted by atomic mass is 10.2. The Kier molecular flexibility index (Phi) is 3.51. The monoisotopic (exact) mass is 288 g/mol. The number of hydrogen-bond donors (Lipinski definition) is 2. The summed E-state index contributed by atoms with van der Waals surface area (Å²) in [6.45, 7) is 2.92. The Balaban J connectivity index is 1.81. The molecule has 0 aliphatic rings. The third kappa shape index (κ3) is 2.44. The van der Waals surface area contributed by atoms with Crippen LogP contribution in [-0.4, -0.2) is 32.9 Å². The molecule has 6 nitrogen and oxygen atoms in total. The van der Waals surface area contributed by atoms with E-state index in [1.54, 1.807) is 17.5 Å². The van der Waals surface area contributed by atoms with Crippen LogP contribution in [0.5, 0.6) is 0 Å². The van der Waals surface area contributed by atoms with Gasteiger partial charge in [0.1, 0.15) is 5.82 Å². The van der Waals surface area contributed by atoms with Crippen molar-refractivity contribution in [1.82, 2.24) is 19.4 Å². The molecule has 3 aromatic heterocycles. The third-order valence-corrected chi connectivity index (χ3v) is 4.09. The van der Waals surface area contributed by atoms with E-state index in [1.165, 1.54) is 0 Å². The molecule has 104 valence electrons. The van der Waals surface area contributed by atoms with Crippen molar-refractivity contribution in [2.45, 2.75) is 12.8 Å². The van der Waals surface area contributed by atoms with E-state index >= 15 is 0 Å². The number of thiazole rings is 1. The maximum atomic E-state index is 4.52. The van der Waals surface area contributed by atoms with Crippen molar-refractivity contribution >= 4 is 28.6 Å². The second-order valence-corrected chi connectivity index (χ2v) is 5.46. The summed E-state index contributed by atoms with van der Waals surface area (Å²) >= 11 is 1.67. The summed E-state index contributed by atoms with van der Waals surface area (Å²) in [4.78, 5) is 13.2. The molecule has 0 spiro atoms. The molecule has 0 aliphatic carbocycles. The Hall–Kier alpha value is -2.15. The van der Waals surface area contributed by atoms with Gasteiger partial charge in [0.25, 0.3) is 0 Å². The van der Waals surface area contributed by atoms with Crippen LogP contribution in [0.3, 0.4) is 0 Å². The molecule has 1 unspecified atom stereocenters. The topological polar surface area (TPSA) is 67.1 Å². The highest BCUT2D eigenvalue weighted by atomic mass is 32.1. The van der Waals surface area contributed by atoms with Crippen LogP contribution in [-0.2, 0) is 0 Å². The van der Waals surface area contributed by atoms with E-state index in [-0.39, 0.29) is 0 Å². The van der Waals surface area contributed by atoms with Gasteiger partial charge < -0.3 is 15.0 Å². The molecule has 0 radical (unpaired) electrons. The van der Waals surface area contributed by atoms with E-state index < -0.39 is 0 Å². The first-order chi connectivity index (χ1) is 9.78. The molecule has 0 bridgehead atoms. The summed E-state index contributed by atoms with van der Waals surface area (Å²) in [5.74, 6) is 1.93. The van der Waals surface area contributed by atoms with Gasteiger partial charge >= 0.3 is 0 Å². The van der Waals surface area contributed by atoms with Crippen molar-refractivity contribution in [3.63, 3.8) is 0 Å². The summed E-state index contributed by atoms with van der Waals surface area (Å²) < 4.78 is 1.95. The van der Waals surface area contributed by atoms with Crippen molar-refractivity contribution in [3.05, 3.63) is 35.2 Å². The fraction of sp³-hybridized carbons (Fsp3) is 0.308. The van der Waals surface area contributed by atoms with Gasteiger partial charge in [0.15, 0.2) is 11.5 Å². The molecule has 0 aromatic carbocycles. The van der Waals surface area contributed by atoms with Crippen LogP contribution < -0.4 is 10.6 Å². The van der Waals surface area contributed by atoms with Crippen LogP contribution in [0, 0.1) is 0 Å². The summed E-state index contributed by atoms with van der Waals surface area (Å²) in [7, 11) is 1.85. The van der Waals surface area contributed by atoms with Gasteiger partial charge in [-0.25, -0.2) is 15.0 Å². The smallest absolute Gasteiger partial charge is 0.180 e. The average Bonchev–Trinajstić information content (AvgIpc) is 3.14. The molecule has 0 fully saturated rings. The van der Waals surface area contributed by atoms with Crippen molar-refractivity contribution < 1.29 is 0 Å². The number of nitrogens with zero attached hydrogens (tertiary/aromatic N) is 4. The Morgan fingerprint density at radius 2 is 2.25 bits per heavy atom. The zero-order valence-corrected chi connectivity index (χ0v) is 12.2. The number of rotatable bonds is 5. The van der Waals surface area contributed by atoms with Crippen molar-refractivity contribution in [2.75, 3.05) is 24.2 Å². The standard InChI is InChI=1S/C13H16N6S/c1-9(13-16-4-6-20-13)7-17-11-12-15-3-5-19(12)8-10(14-2)18-11/h3-6,8-9,14H,7H2,1-2H3,(H,17,18). The average molecular weight is 288 g/mol. The predicted octanol–water partition coefficient (Wildman–Crippen LogP) is 2.44. The number of hydrogen-bond acceptors (Lipinski definition) is 6. The summed E-state index contributed by atoms with van der Waals surface area (Å²) in [6.07, 6.45) is 7.43. The third-order valence-electron chi connectivity index (χ3n) is 3.08. The molecule has 1 atom stereocenters. The highest BCUT2D eigenvalue weighted by Gasteiger charge is 2.11. The Bertz CT molecular complexity index is 690. The fourth-order valence-corrected chi connectivity index (χ4v) is 2.68. The lowest BCUT2D eigenvalue weighted by Crippen LogP contribution is -2.12. The molecular formula is C13H16N6S. The van der Waals surface area contributed by atoms with Crippen molar-refractivity contribution in [2.24, 2.45) is 0 Å². The normalized spacial score (nSPS) is 12.5. The minimum absolute atomic E-state index is 0.338. The zero-order chi connectivity index (χ0) is 13.9. The predicted molar refractivity (Wildman–Crippen MR) is 81.6 cm³/mol. The number of fused-ring (bicyclic) bond motifs is 1. The van der Waals surface area contributed by atoms with E-state index in [9.17, 15) is 0 Å². The molecule has 7 heteroatoms. The highest BCUT2D eigenvalue weighted by molar-refractivity contribution is 7.09. The van der Waals surface area contributed by atoms with Crippen LogP contribution in [0.4, 0.5) is 11.6 Å². The van der Waals surface area contributed by atoms with Gasteiger partial charge in [-0.05, 0) is 0 Å². The van der Waals surface area contributed by atoms with E-state index in [0.717, 1.165) is 28.8 Å². The highest BCUT2D eigenvalue weighted by Crippen LogP contribution is 2.20. The van der Waals surface area contributed by atoms with Gasteiger partial charge in [-0.2, -0.15) is 0 Å². The van der Waals surface area contributed by atoms with Gasteiger partial charge in [0.2, 0.25) is 0 Å². The second kappa shape index (κ2) is 5.46. The number of aromatic nitrogens is 4. The van der Waals surface area contributed by atoms with Crippen LogP contribution in [0.25, 0.3) is 5.65 Å². The van der Waals surface area contributed by atoms with Crippen LogP contribution >= 0.6 is 11.3 Å². The van der Waals surface area contributed by atoms with Gasteiger partial charge in [0.05, 0.1) is 11.2 Å². The Labute approximate surface area is 120 Å². The quantitative estimate of drug-likeness (QED) is 0.755. The molecule has 2 N–H and O–H groups in total. The van der Waals surface area contributed by atoms with Gasteiger partial charge in [0, 0.05) is 43.5 Å². The SMILES string of the molecule is CNc1cn2ccnc2c(NCC(C)c2nccs2)n1. The van der Waals surface area contributed by atoms with E-state index in [0.29, 0.717) is 5.92 Å². The Morgan fingerprint density at radius 3 is 3.00 bits per heavy atom. The molecule has 0 amide bonds. The molecule has 0 saturated carbocycles. The van der Waals surface area contributed by atoms with Gasteiger partial charge in [-0.3, -0.25) is 0 Å². The minimum atomic E-state index is 0.338. The summed E-state index contributed by atoms with van der Waals surface area (Å²) in [5, 5.41) is 9.55. The molecule has 3 heterocycles. The lowest BCUT2D eigenvalue weighted by Gasteiger charge is -2.12. The van der Waals surface area contributed by atoms with E-state index in [4.69, 9.17) is 0 Å². The van der Waals surface area contributed by atoms with E-state index in [2.05, 4.69) is 32.5 Å². The molecule has 3 aromatic rings. The minimum Gasteiger partial charge on any atom is -0.372 e. The molecule has 3 rings (SSSR count). The first kappa shape index (κ1) is 12.9. The fourth-order valence-electron chi connectivity index (χ4n) is 1.99. The zero-order valence-electron chi connectivity index (χ0n) is 11.4. The van der Waals surface area contributed by atoms with Crippen molar-refractivity contribution in [1.29, 1.82) is 0 Å². The van der Waals surface area contributed by atoms with Gasteiger partial charge in [-0.15, -0.1) is 11.3 Å². The summed E-state index contributed by atoms with van der Waals surface area (Å²) in [6, 6.07) is 0. The number of nitrogens with one attached hydrogen (secondary N) is 2. The number of imidazole rings is 1. The van der Waals surface area contributed by atoms with Crippen LogP contribution in [0.15, 0.2) is 30.2 Å². The van der Waals surface area contributed by atoms with Crippen LogP contribution in [0.1, 0.15) is 17.8 Å². The lowest BCUT2D eigenvalue weighted by molar-refractivity contribution is 0.792. The second-order valence-electron chi connectivity index (χ2n) is 4.54. The van der Waals surface area contributed by atoms with Gasteiger partial charge in [-0.1, -0.05) is 6.92 Å². The van der Waals surface area contributed by atoms with E-state index in [1.807, 2.05) is 35.4 Å². The maximum absolute atomic E-state index is 4.52. The first-order valence-electron chi connectivity index (χ1n) is 6.42. The van der Waals surface area contributed by atoms with Crippen molar-refractivity contribution in [3.8, 4) is 0 Å². The first-order valence-corrected chi connectivity index (χ1v) is 7.30. The maximum Gasteiger partial charge on any atom is 0.180 e. The molecular weight excluding hydrogens is 272 g/mol. The number of anilines is 2.